The zero-order valence-corrected chi connectivity index (χ0v) is 60.1. The Hall–Kier alpha value is -2.06. The first kappa shape index (κ1) is 85.9. The Morgan fingerprint density at radius 2 is 0.670 bits per heavy atom. The number of unbranched alkanes of at least 4 members (excludes halogenated alkanes) is 48. The van der Waals surface area contributed by atoms with Gasteiger partial charge in [0.2, 0.25) is 5.91 Å². The summed E-state index contributed by atoms with van der Waals surface area (Å²) in [6.07, 6.45) is 97.8. The van der Waals surface area contributed by atoms with E-state index in [1.165, 1.54) is 295 Å². The minimum absolute atomic E-state index is 0.00903. The van der Waals surface area contributed by atoms with Gasteiger partial charge in [0.05, 0.1) is 39.9 Å². The SMILES string of the molecule is CCCCCCC/C=C\C/C=C\C/C=C\CCCCCCCCCCCCCCCCCCCCCCCCCCC(=O)NC(COP(=O)([O-])OCC[N+](C)(C)C)C(O)/C=C/CC/C=C/CC/C=C/CCCCCCCCCCCCCCCCCCC. The van der Waals surface area contributed by atoms with Crippen LogP contribution >= 0.6 is 7.82 Å². The highest BCUT2D eigenvalue weighted by Crippen LogP contribution is 2.38. The van der Waals surface area contributed by atoms with Crippen LogP contribution in [0.4, 0.5) is 0 Å². The maximum atomic E-state index is 13.1. The molecule has 0 bridgehead atoms. The summed E-state index contributed by atoms with van der Waals surface area (Å²) >= 11 is 0. The van der Waals surface area contributed by atoms with E-state index in [1.54, 1.807) is 6.08 Å². The maximum absolute atomic E-state index is 13.1. The van der Waals surface area contributed by atoms with Crippen molar-refractivity contribution in [1.29, 1.82) is 0 Å². The predicted molar refractivity (Wildman–Crippen MR) is 385 cm³/mol. The molecule has 3 unspecified atom stereocenters. The van der Waals surface area contributed by atoms with Crippen LogP contribution in [-0.4, -0.2) is 68.5 Å². The Labute approximate surface area is 548 Å². The van der Waals surface area contributed by atoms with Gasteiger partial charge in [0, 0.05) is 6.42 Å². The van der Waals surface area contributed by atoms with Crippen molar-refractivity contribution in [1.82, 2.24) is 5.32 Å². The quantitative estimate of drug-likeness (QED) is 0.0272. The van der Waals surface area contributed by atoms with Crippen LogP contribution in [0.3, 0.4) is 0 Å². The fourth-order valence-corrected chi connectivity index (χ4v) is 12.2. The van der Waals surface area contributed by atoms with Gasteiger partial charge in [-0.25, -0.2) is 0 Å². The van der Waals surface area contributed by atoms with Gasteiger partial charge in [0.15, 0.2) is 0 Å². The van der Waals surface area contributed by atoms with Gasteiger partial charge >= 0.3 is 0 Å². The van der Waals surface area contributed by atoms with Crippen LogP contribution < -0.4 is 10.2 Å². The molecule has 0 fully saturated rings. The molecule has 516 valence electrons. The Kier molecular flexibility index (Phi) is 67.7. The lowest BCUT2D eigenvalue weighted by molar-refractivity contribution is -0.870. The normalized spacial score (nSPS) is 13.9. The molecule has 0 saturated heterocycles. The van der Waals surface area contributed by atoms with Crippen LogP contribution in [0.5, 0.6) is 0 Å². The summed E-state index contributed by atoms with van der Waals surface area (Å²) in [6, 6.07) is -0.913. The van der Waals surface area contributed by atoms with Gasteiger partial charge in [0.1, 0.15) is 13.2 Å². The molecule has 0 aliphatic rings. The number of carbonyl (C=O) groups excluding carboxylic acids is 1. The predicted octanol–water partition coefficient (Wildman–Crippen LogP) is 24.3. The monoisotopic (exact) mass is 1250 g/mol. The first-order chi connectivity index (χ1) is 43.0. The van der Waals surface area contributed by atoms with Gasteiger partial charge in [-0.2, -0.15) is 0 Å². The Morgan fingerprint density at radius 3 is 1.00 bits per heavy atom. The fourth-order valence-electron chi connectivity index (χ4n) is 11.4. The number of nitrogens with zero attached hydrogens (tertiary/aromatic N) is 1. The first-order valence-electron chi connectivity index (χ1n) is 38.3. The van der Waals surface area contributed by atoms with Crippen molar-refractivity contribution in [2.75, 3.05) is 40.9 Å². The molecular weight excluding hydrogens is 1100 g/mol. The van der Waals surface area contributed by atoms with E-state index in [9.17, 15) is 19.4 Å². The highest BCUT2D eigenvalue weighted by molar-refractivity contribution is 7.45. The highest BCUT2D eigenvalue weighted by Gasteiger charge is 2.23. The van der Waals surface area contributed by atoms with Gasteiger partial charge in [-0.3, -0.25) is 9.36 Å². The van der Waals surface area contributed by atoms with E-state index in [-0.39, 0.29) is 12.5 Å². The summed E-state index contributed by atoms with van der Waals surface area (Å²) in [6.45, 7) is 4.66. The van der Waals surface area contributed by atoms with Crippen LogP contribution in [0.2, 0.25) is 0 Å². The minimum atomic E-state index is -4.62. The lowest BCUT2D eigenvalue weighted by Crippen LogP contribution is -2.45. The van der Waals surface area contributed by atoms with Crippen molar-refractivity contribution in [2.24, 2.45) is 0 Å². The van der Waals surface area contributed by atoms with Crippen LogP contribution in [0.15, 0.2) is 72.9 Å². The number of phosphoric ester groups is 1. The number of carbonyl (C=O) groups is 1. The molecule has 0 saturated carbocycles. The zero-order valence-electron chi connectivity index (χ0n) is 59.2. The molecule has 0 aliphatic heterocycles. The number of phosphoric acid groups is 1. The van der Waals surface area contributed by atoms with E-state index < -0.39 is 26.6 Å². The fraction of sp³-hybridized carbons (Fsp3) is 0.835. The lowest BCUT2D eigenvalue weighted by atomic mass is 10.0. The second-order valence-electron chi connectivity index (χ2n) is 27.3. The lowest BCUT2D eigenvalue weighted by Gasteiger charge is -2.29. The molecule has 0 rings (SSSR count). The van der Waals surface area contributed by atoms with Gasteiger partial charge in [-0.15, -0.1) is 0 Å². The van der Waals surface area contributed by atoms with E-state index in [1.807, 2.05) is 27.2 Å². The van der Waals surface area contributed by atoms with Crippen LogP contribution in [0.25, 0.3) is 0 Å². The first-order valence-corrected chi connectivity index (χ1v) is 39.8. The molecule has 0 aromatic heterocycles. The van der Waals surface area contributed by atoms with Gasteiger partial charge in [0.25, 0.3) is 7.82 Å². The molecule has 1 amide bonds. The number of hydrogen-bond donors (Lipinski definition) is 2. The van der Waals surface area contributed by atoms with E-state index in [0.717, 1.165) is 57.8 Å². The molecule has 88 heavy (non-hydrogen) atoms. The molecule has 0 aromatic carbocycles. The number of aliphatic hydroxyl groups is 1. The maximum Gasteiger partial charge on any atom is 0.268 e. The second kappa shape index (κ2) is 69.3. The highest BCUT2D eigenvalue weighted by atomic mass is 31.2. The molecule has 0 spiro atoms. The zero-order chi connectivity index (χ0) is 64.1. The van der Waals surface area contributed by atoms with Crippen molar-refractivity contribution in [3.05, 3.63) is 72.9 Å². The summed E-state index contributed by atoms with van der Waals surface area (Å²) in [5.74, 6) is -0.205. The number of amides is 1. The third-order valence-corrected chi connectivity index (χ3v) is 18.3. The topological polar surface area (TPSA) is 108 Å². The Balaban J connectivity index is 4.01. The number of nitrogens with one attached hydrogen (secondary N) is 1. The minimum Gasteiger partial charge on any atom is -0.756 e. The number of quaternary nitrogens is 1. The number of rotatable bonds is 71. The standard InChI is InChI=1S/C79H149N2O6P/c1-6-8-10-12-14-16-18-20-22-24-26-28-30-32-34-35-36-37-38-39-40-41-42-43-44-45-47-49-51-53-55-57-59-61-63-65-67-69-71-73-79(83)80-77(76-87-88(84,85)86-75-74-81(3,4)5)78(82)72-70-68-66-64-62-60-58-56-54-52-50-48-46-33-31-29-27-25-23-21-19-17-15-13-11-9-7-2/h18,20,24,26,30,32,54,56,62,64,70,72,77-78,82H,6-17,19,21-23,25,27-29,31,33-53,55,57-61,63,65-69,71,73-76H2,1-5H3,(H-,80,83,84,85)/b20-18-,26-24-,32-30-,56-54+,64-62+,72-70+. The number of likely N-dealkylation sites (N-methyl/N-ethyl adjacent to an activating group) is 1. The second-order valence-corrected chi connectivity index (χ2v) is 28.7. The number of hydrogen-bond acceptors (Lipinski definition) is 6. The Morgan fingerprint density at radius 1 is 0.398 bits per heavy atom. The van der Waals surface area contributed by atoms with Crippen molar-refractivity contribution in [3.63, 3.8) is 0 Å². The third kappa shape index (κ3) is 71.4. The average molecular weight is 1250 g/mol. The van der Waals surface area contributed by atoms with E-state index in [0.29, 0.717) is 17.4 Å². The van der Waals surface area contributed by atoms with Crippen LogP contribution in [-0.2, 0) is 18.4 Å². The Bertz CT molecular complexity index is 1670. The van der Waals surface area contributed by atoms with Crippen molar-refractivity contribution < 1.29 is 32.9 Å². The summed E-state index contributed by atoms with van der Waals surface area (Å²) in [5, 5.41) is 14.0. The summed E-state index contributed by atoms with van der Waals surface area (Å²) in [4.78, 5) is 25.7. The number of allylic oxidation sites excluding steroid dienone is 11. The van der Waals surface area contributed by atoms with E-state index >= 15 is 0 Å². The van der Waals surface area contributed by atoms with Gasteiger partial charge < -0.3 is 28.8 Å². The van der Waals surface area contributed by atoms with Gasteiger partial charge in [-0.1, -0.05) is 356 Å². The molecule has 3 atom stereocenters. The van der Waals surface area contributed by atoms with Crippen LogP contribution in [0.1, 0.15) is 373 Å². The van der Waals surface area contributed by atoms with Crippen molar-refractivity contribution in [3.8, 4) is 0 Å². The van der Waals surface area contributed by atoms with Crippen molar-refractivity contribution in [2.45, 2.75) is 386 Å². The molecule has 0 radical (unpaired) electrons. The summed E-state index contributed by atoms with van der Waals surface area (Å²) in [7, 11) is 1.25. The van der Waals surface area contributed by atoms with Crippen LogP contribution in [0, 0.1) is 0 Å². The van der Waals surface area contributed by atoms with E-state index in [4.69, 9.17) is 9.05 Å². The molecule has 0 heterocycles. The molecule has 0 aromatic rings. The molecule has 2 N–H and O–H groups in total. The van der Waals surface area contributed by atoms with E-state index in [2.05, 4.69) is 79.9 Å². The number of aliphatic hydroxyl groups excluding tert-OH is 1. The molecule has 8 nitrogen and oxygen atoms in total. The molecule has 0 aliphatic carbocycles. The smallest absolute Gasteiger partial charge is 0.268 e. The summed E-state index contributed by atoms with van der Waals surface area (Å²) in [5.41, 5.74) is 0. The molecular formula is C79H149N2O6P. The molecule has 9 heteroatoms. The average Bonchev–Trinajstić information content (AvgIpc) is 3.70. The third-order valence-electron chi connectivity index (χ3n) is 17.4. The van der Waals surface area contributed by atoms with Crippen molar-refractivity contribution >= 4 is 13.7 Å². The van der Waals surface area contributed by atoms with Gasteiger partial charge in [-0.05, 0) is 83.5 Å². The largest absolute Gasteiger partial charge is 0.756 e. The summed E-state index contributed by atoms with van der Waals surface area (Å²) < 4.78 is 23.5.